The van der Waals surface area contributed by atoms with Crippen molar-refractivity contribution in [2.24, 2.45) is 0 Å². The van der Waals surface area contributed by atoms with Crippen molar-refractivity contribution in [1.82, 2.24) is 0 Å². The number of rotatable bonds is 5. The first-order valence-electron chi connectivity index (χ1n) is 11.9. The molecule has 2 aliphatic rings. The molecule has 3 unspecified atom stereocenters. The summed E-state index contributed by atoms with van der Waals surface area (Å²) in [5.41, 5.74) is 0.467. The summed E-state index contributed by atoms with van der Waals surface area (Å²) in [7, 11) is 4.86. The van der Waals surface area contributed by atoms with Gasteiger partial charge in [-0.3, -0.25) is 4.79 Å². The van der Waals surface area contributed by atoms with E-state index < -0.39 is 11.2 Å². The first kappa shape index (κ1) is 26.9. The number of carboxylic acid groups (broad SMARTS) is 1. The van der Waals surface area contributed by atoms with E-state index in [0.717, 1.165) is 23.3 Å². The fraction of sp³-hybridized carbons (Fsp3) is 0.345. The highest BCUT2D eigenvalue weighted by molar-refractivity contribution is 5.61. The van der Waals surface area contributed by atoms with Crippen molar-refractivity contribution in [3.8, 4) is 23.0 Å². The second kappa shape index (κ2) is 11.4. The Balaban J connectivity index is 0.000000674. The first-order valence-corrected chi connectivity index (χ1v) is 11.9. The van der Waals surface area contributed by atoms with E-state index in [1.807, 2.05) is 62.4 Å². The van der Waals surface area contributed by atoms with Crippen LogP contribution in [0.15, 0.2) is 66.7 Å². The van der Waals surface area contributed by atoms with E-state index in [-0.39, 0.29) is 12.4 Å². The molecule has 7 heteroatoms. The number of ether oxygens (including phenoxy) is 4. The lowest BCUT2D eigenvalue weighted by Crippen LogP contribution is -2.48. The summed E-state index contributed by atoms with van der Waals surface area (Å²) in [4.78, 5) is 8.36. The molecule has 0 aromatic heterocycles. The molecule has 1 aliphatic carbocycles. The van der Waals surface area contributed by atoms with Gasteiger partial charge in [-0.15, -0.1) is 0 Å². The largest absolute Gasteiger partial charge is 0.497 e. The average molecular weight is 495 g/mol. The van der Waals surface area contributed by atoms with E-state index in [2.05, 4.69) is 12.1 Å². The van der Waals surface area contributed by atoms with Crippen LogP contribution in [0.1, 0.15) is 49.3 Å². The van der Waals surface area contributed by atoms with Crippen molar-refractivity contribution in [2.75, 3.05) is 21.3 Å². The fourth-order valence-corrected chi connectivity index (χ4v) is 5.43. The molecule has 1 saturated carbocycles. The monoisotopic (exact) mass is 494 g/mol. The summed E-state index contributed by atoms with van der Waals surface area (Å²) in [6.07, 6.45) is 1.33. The second-order valence-electron chi connectivity index (χ2n) is 8.24. The Labute approximate surface area is 212 Å². The van der Waals surface area contributed by atoms with Gasteiger partial charge in [0.1, 0.15) is 28.6 Å². The summed E-state index contributed by atoms with van der Waals surface area (Å²) >= 11 is 0. The normalized spacial score (nSPS) is 22.9. The molecule has 0 spiro atoms. The predicted octanol–water partition coefficient (Wildman–Crippen LogP) is 5.49. The van der Waals surface area contributed by atoms with Crippen LogP contribution in [0, 0.1) is 0 Å². The summed E-state index contributed by atoms with van der Waals surface area (Å²) in [6.45, 7) is 3.75. The fourth-order valence-electron chi connectivity index (χ4n) is 5.43. The molecular formula is C29H34O7. The molecule has 3 aromatic rings. The van der Waals surface area contributed by atoms with E-state index in [1.54, 1.807) is 27.4 Å². The van der Waals surface area contributed by atoms with Gasteiger partial charge in [0.2, 0.25) is 0 Å². The Morgan fingerprint density at radius 2 is 1.53 bits per heavy atom. The van der Waals surface area contributed by atoms with E-state index in [1.165, 1.54) is 0 Å². The van der Waals surface area contributed by atoms with Gasteiger partial charge in [0.25, 0.3) is 6.47 Å². The zero-order valence-corrected chi connectivity index (χ0v) is 21.4. The second-order valence-corrected chi connectivity index (χ2v) is 8.24. The Morgan fingerprint density at radius 3 is 2.08 bits per heavy atom. The van der Waals surface area contributed by atoms with Crippen LogP contribution in [-0.2, 0) is 16.0 Å². The maximum absolute atomic E-state index is 12.3. The van der Waals surface area contributed by atoms with Gasteiger partial charge < -0.3 is 29.2 Å². The molecule has 0 saturated heterocycles. The highest BCUT2D eigenvalue weighted by atomic mass is 16.5. The lowest BCUT2D eigenvalue weighted by Gasteiger charge is -2.40. The Kier molecular flexibility index (Phi) is 8.48. The third-order valence-electron chi connectivity index (χ3n) is 6.80. The summed E-state index contributed by atoms with van der Waals surface area (Å²) in [5, 5.41) is 19.2. The predicted molar refractivity (Wildman–Crippen MR) is 137 cm³/mol. The third-order valence-corrected chi connectivity index (χ3v) is 6.80. The van der Waals surface area contributed by atoms with Gasteiger partial charge in [-0.05, 0) is 36.1 Å². The van der Waals surface area contributed by atoms with Gasteiger partial charge in [0.05, 0.1) is 26.9 Å². The van der Waals surface area contributed by atoms with Crippen LogP contribution in [0.2, 0.25) is 0 Å². The minimum atomic E-state index is -1.25. The first-order chi connectivity index (χ1) is 17.5. The minimum absolute atomic E-state index is 0.0461. The number of fused-ring (bicyclic) bond motifs is 3. The number of hydrogen-bond acceptors (Lipinski definition) is 6. The quantitative estimate of drug-likeness (QED) is 0.453. The van der Waals surface area contributed by atoms with Crippen molar-refractivity contribution >= 4 is 6.47 Å². The highest BCUT2D eigenvalue weighted by Crippen LogP contribution is 2.68. The zero-order valence-electron chi connectivity index (χ0n) is 21.4. The maximum Gasteiger partial charge on any atom is 0.290 e. The number of benzene rings is 3. The van der Waals surface area contributed by atoms with Crippen LogP contribution < -0.4 is 18.9 Å². The average Bonchev–Trinajstić information content (AvgIpc) is 3.37. The van der Waals surface area contributed by atoms with Gasteiger partial charge in [0, 0.05) is 18.1 Å². The Hall–Kier alpha value is -3.71. The van der Waals surface area contributed by atoms with Crippen LogP contribution in [0.4, 0.5) is 0 Å². The van der Waals surface area contributed by atoms with Crippen LogP contribution >= 0.6 is 0 Å². The molecule has 192 valence electrons. The molecule has 1 fully saturated rings. The summed E-state index contributed by atoms with van der Waals surface area (Å²) in [6, 6.07) is 21.7. The summed E-state index contributed by atoms with van der Waals surface area (Å²) < 4.78 is 23.3. The molecule has 2 N–H and O–H groups in total. The maximum atomic E-state index is 12.3. The lowest BCUT2D eigenvalue weighted by atomic mass is 9.71. The number of methoxy groups -OCH3 is 3. The minimum Gasteiger partial charge on any atom is -0.497 e. The molecule has 36 heavy (non-hydrogen) atoms. The van der Waals surface area contributed by atoms with Crippen molar-refractivity contribution in [3.05, 3.63) is 83.4 Å². The molecule has 0 amide bonds. The molecule has 3 atom stereocenters. The van der Waals surface area contributed by atoms with Crippen LogP contribution in [0.25, 0.3) is 0 Å². The van der Waals surface area contributed by atoms with Crippen molar-refractivity contribution in [3.63, 3.8) is 0 Å². The molecule has 3 aromatic carbocycles. The molecule has 0 bridgehead atoms. The Bertz CT molecular complexity index is 1150. The van der Waals surface area contributed by atoms with Crippen LogP contribution in [-0.4, -0.2) is 38.0 Å². The Morgan fingerprint density at radius 1 is 0.917 bits per heavy atom. The smallest absolute Gasteiger partial charge is 0.290 e. The standard InChI is InChI=1S/C26H26O5.C2H6.CH2O2/c1-28-19-11-9-18(10-12-19)26-21(17-7-5-4-6-8-17)13-14-25(26,27)24-22(30-3)15-20(29-2)16-23(24)31-26;1-2;2-1-3/h4-12,15-16,21,27H,13-14H2,1-3H3;1-2H3;1H,(H,2,3). The lowest BCUT2D eigenvalue weighted by molar-refractivity contribution is -0.122. The van der Waals surface area contributed by atoms with Crippen LogP contribution in [0.3, 0.4) is 0 Å². The van der Waals surface area contributed by atoms with E-state index >= 15 is 0 Å². The molecular weight excluding hydrogens is 460 g/mol. The number of aliphatic hydroxyl groups is 1. The molecule has 1 aliphatic heterocycles. The van der Waals surface area contributed by atoms with Gasteiger partial charge >= 0.3 is 0 Å². The van der Waals surface area contributed by atoms with Crippen molar-refractivity contribution in [2.45, 2.75) is 43.8 Å². The van der Waals surface area contributed by atoms with Gasteiger partial charge in [-0.25, -0.2) is 0 Å². The molecule has 5 rings (SSSR count). The van der Waals surface area contributed by atoms with Gasteiger partial charge in [-0.2, -0.15) is 0 Å². The molecule has 0 radical (unpaired) electrons. The highest BCUT2D eigenvalue weighted by Gasteiger charge is 2.69. The van der Waals surface area contributed by atoms with Gasteiger partial charge in [-0.1, -0.05) is 56.3 Å². The van der Waals surface area contributed by atoms with E-state index in [0.29, 0.717) is 29.2 Å². The zero-order chi connectivity index (χ0) is 26.3. The van der Waals surface area contributed by atoms with Crippen molar-refractivity contribution in [1.29, 1.82) is 0 Å². The van der Waals surface area contributed by atoms with E-state index in [9.17, 15) is 5.11 Å². The number of carbonyl (C=O) groups is 1. The molecule has 1 heterocycles. The SMILES string of the molecule is CC.COc1ccc(C23Oc4cc(OC)cc(OC)c4C2(O)CCC3c2ccccc2)cc1.O=CO. The topological polar surface area (TPSA) is 94.5 Å². The van der Waals surface area contributed by atoms with Crippen LogP contribution in [0.5, 0.6) is 23.0 Å². The number of hydrogen-bond donors (Lipinski definition) is 2. The van der Waals surface area contributed by atoms with Crippen molar-refractivity contribution < 1.29 is 34.0 Å². The van der Waals surface area contributed by atoms with E-state index in [4.69, 9.17) is 28.8 Å². The summed E-state index contributed by atoms with van der Waals surface area (Å²) in [5.74, 6) is 2.50. The van der Waals surface area contributed by atoms with Gasteiger partial charge in [0.15, 0.2) is 5.60 Å². The third kappa shape index (κ3) is 4.24. The molecule has 7 nitrogen and oxygen atoms in total.